The Morgan fingerprint density at radius 3 is 2.52 bits per heavy atom. The molecule has 1 rings (SSSR count). The molecule has 1 aliphatic rings. The van der Waals surface area contributed by atoms with E-state index in [2.05, 4.69) is 5.32 Å². The van der Waals surface area contributed by atoms with Gasteiger partial charge in [-0.05, 0) is 40.5 Å². The number of hydrogen-bond donors (Lipinski definition) is 1. The van der Waals surface area contributed by atoms with E-state index >= 15 is 0 Å². The number of carbonyl (C=O) groups excluding carboxylic acids is 3. The number of carbonyl (C=O) groups is 3. The molecule has 0 spiro atoms. The molecular formula is C14H24N2O5. The topological polar surface area (TPSA) is 84.9 Å². The molecule has 1 unspecified atom stereocenters. The maximum atomic E-state index is 12.1. The molecule has 1 atom stereocenters. The lowest BCUT2D eigenvalue weighted by Gasteiger charge is -2.27. The van der Waals surface area contributed by atoms with Gasteiger partial charge in [-0.15, -0.1) is 0 Å². The quantitative estimate of drug-likeness (QED) is 0.785. The van der Waals surface area contributed by atoms with Crippen LogP contribution in [0, 0.1) is 0 Å². The molecule has 0 aromatic heterocycles. The monoisotopic (exact) mass is 300 g/mol. The van der Waals surface area contributed by atoms with E-state index < -0.39 is 23.7 Å². The van der Waals surface area contributed by atoms with Crippen LogP contribution in [-0.4, -0.2) is 54.2 Å². The molecule has 1 fully saturated rings. The maximum absolute atomic E-state index is 12.1. The molecule has 0 aromatic carbocycles. The number of nitrogens with one attached hydrogen (secondary N) is 1. The van der Waals surface area contributed by atoms with Gasteiger partial charge in [-0.3, -0.25) is 14.5 Å². The summed E-state index contributed by atoms with van der Waals surface area (Å²) in [6, 6.07) is -0.589. The Hall–Kier alpha value is -1.79. The van der Waals surface area contributed by atoms with Gasteiger partial charge in [-0.1, -0.05) is 0 Å². The zero-order valence-corrected chi connectivity index (χ0v) is 13.1. The van der Waals surface area contributed by atoms with Gasteiger partial charge in [0, 0.05) is 6.54 Å². The van der Waals surface area contributed by atoms with Gasteiger partial charge in [0.15, 0.2) is 0 Å². The van der Waals surface area contributed by atoms with Crippen molar-refractivity contribution in [3.8, 4) is 0 Å². The highest BCUT2D eigenvalue weighted by atomic mass is 16.6. The Balaban J connectivity index is 2.54. The number of hydrogen-bond acceptors (Lipinski definition) is 5. The smallest absolute Gasteiger partial charge is 0.410 e. The van der Waals surface area contributed by atoms with Crippen molar-refractivity contribution < 1.29 is 23.9 Å². The van der Waals surface area contributed by atoms with Crippen molar-refractivity contribution in [2.45, 2.75) is 52.2 Å². The van der Waals surface area contributed by atoms with Crippen LogP contribution in [0.3, 0.4) is 0 Å². The largest absolute Gasteiger partial charge is 0.465 e. The SMILES string of the molecule is CCOC(=O)CNC(=O)C1CCCN1C(=O)OC(C)(C)C. The van der Waals surface area contributed by atoms with Crippen molar-refractivity contribution in [3.63, 3.8) is 0 Å². The van der Waals surface area contributed by atoms with Gasteiger partial charge in [-0.25, -0.2) is 4.79 Å². The van der Waals surface area contributed by atoms with Crippen molar-refractivity contribution in [1.29, 1.82) is 0 Å². The Bertz CT molecular complexity index is 403. The highest BCUT2D eigenvalue weighted by Gasteiger charge is 2.36. The second-order valence-corrected chi connectivity index (χ2v) is 5.85. The van der Waals surface area contributed by atoms with Crippen LogP contribution in [0.2, 0.25) is 0 Å². The predicted octanol–water partition coefficient (Wildman–Crippen LogP) is 1.07. The lowest BCUT2D eigenvalue weighted by atomic mass is 10.2. The summed E-state index contributed by atoms with van der Waals surface area (Å²) >= 11 is 0. The van der Waals surface area contributed by atoms with Gasteiger partial charge < -0.3 is 14.8 Å². The van der Waals surface area contributed by atoms with Crippen molar-refractivity contribution in [3.05, 3.63) is 0 Å². The molecule has 7 nitrogen and oxygen atoms in total. The summed E-state index contributed by atoms with van der Waals surface area (Å²) in [5.41, 5.74) is -0.606. The molecule has 21 heavy (non-hydrogen) atoms. The second-order valence-electron chi connectivity index (χ2n) is 5.85. The number of esters is 1. The molecule has 0 saturated carbocycles. The second kappa shape index (κ2) is 7.28. The van der Waals surface area contributed by atoms with Crippen LogP contribution in [0.4, 0.5) is 4.79 Å². The van der Waals surface area contributed by atoms with Gasteiger partial charge >= 0.3 is 12.1 Å². The normalized spacial score (nSPS) is 18.3. The molecule has 0 radical (unpaired) electrons. The number of likely N-dealkylation sites (tertiary alicyclic amines) is 1. The fourth-order valence-electron chi connectivity index (χ4n) is 2.07. The summed E-state index contributed by atoms with van der Waals surface area (Å²) in [7, 11) is 0. The van der Waals surface area contributed by atoms with Crippen LogP contribution >= 0.6 is 0 Å². The molecule has 0 aliphatic carbocycles. The minimum absolute atomic E-state index is 0.189. The third-order valence-electron chi connectivity index (χ3n) is 2.90. The third kappa shape index (κ3) is 5.61. The highest BCUT2D eigenvalue weighted by molar-refractivity contribution is 5.88. The summed E-state index contributed by atoms with van der Waals surface area (Å²) in [6.07, 6.45) is 0.793. The minimum Gasteiger partial charge on any atom is -0.465 e. The van der Waals surface area contributed by atoms with E-state index in [1.807, 2.05) is 0 Å². The van der Waals surface area contributed by atoms with E-state index in [0.29, 0.717) is 13.0 Å². The van der Waals surface area contributed by atoms with Crippen molar-refractivity contribution in [2.24, 2.45) is 0 Å². The van der Waals surface area contributed by atoms with Crippen molar-refractivity contribution in [1.82, 2.24) is 10.2 Å². The molecule has 120 valence electrons. The van der Waals surface area contributed by atoms with Crippen molar-refractivity contribution >= 4 is 18.0 Å². The van der Waals surface area contributed by atoms with Gasteiger partial charge in [0.25, 0.3) is 0 Å². The van der Waals surface area contributed by atoms with Gasteiger partial charge in [0.1, 0.15) is 18.2 Å². The Kier molecular flexibility index (Phi) is 5.99. The van der Waals surface area contributed by atoms with Gasteiger partial charge in [0.2, 0.25) is 5.91 Å². The van der Waals surface area contributed by atoms with Gasteiger partial charge in [-0.2, -0.15) is 0 Å². The molecule has 0 bridgehead atoms. The molecule has 1 saturated heterocycles. The lowest BCUT2D eigenvalue weighted by Crippen LogP contribution is -2.48. The van der Waals surface area contributed by atoms with E-state index in [9.17, 15) is 14.4 Å². The summed E-state index contributed by atoms with van der Waals surface area (Å²) in [6.45, 7) is 7.57. The molecule has 1 aliphatic heterocycles. The first-order valence-corrected chi connectivity index (χ1v) is 7.17. The van der Waals surface area contributed by atoms with E-state index in [1.165, 1.54) is 4.90 Å². The molecule has 7 heteroatoms. The predicted molar refractivity (Wildman–Crippen MR) is 75.6 cm³/mol. The molecule has 0 aromatic rings. The van der Waals surface area contributed by atoms with Crippen LogP contribution in [-0.2, 0) is 19.1 Å². The first kappa shape index (κ1) is 17.3. The highest BCUT2D eigenvalue weighted by Crippen LogP contribution is 2.20. The molecule has 1 N–H and O–H groups in total. The molecule has 2 amide bonds. The molecule has 1 heterocycles. The maximum Gasteiger partial charge on any atom is 0.410 e. The summed E-state index contributed by atoms with van der Waals surface area (Å²) in [5.74, 6) is -0.848. The number of rotatable bonds is 4. The zero-order chi connectivity index (χ0) is 16.0. The van der Waals surface area contributed by atoms with Crippen LogP contribution < -0.4 is 5.32 Å². The Morgan fingerprint density at radius 2 is 1.95 bits per heavy atom. The fraction of sp³-hybridized carbons (Fsp3) is 0.786. The van der Waals surface area contributed by atoms with Crippen LogP contribution in [0.1, 0.15) is 40.5 Å². The van der Waals surface area contributed by atoms with Gasteiger partial charge in [0.05, 0.1) is 6.61 Å². The van der Waals surface area contributed by atoms with E-state index in [4.69, 9.17) is 9.47 Å². The van der Waals surface area contributed by atoms with Crippen LogP contribution in [0.5, 0.6) is 0 Å². The lowest BCUT2D eigenvalue weighted by molar-refractivity contribution is -0.143. The van der Waals surface area contributed by atoms with E-state index in [1.54, 1.807) is 27.7 Å². The number of ether oxygens (including phenoxy) is 2. The summed E-state index contributed by atoms with van der Waals surface area (Å²) in [5, 5.41) is 2.49. The number of amides is 2. The average molecular weight is 300 g/mol. The first-order valence-electron chi connectivity index (χ1n) is 7.17. The van der Waals surface area contributed by atoms with Crippen LogP contribution in [0.25, 0.3) is 0 Å². The minimum atomic E-state index is -0.606. The Morgan fingerprint density at radius 1 is 1.29 bits per heavy atom. The fourth-order valence-corrected chi connectivity index (χ4v) is 2.07. The summed E-state index contributed by atoms with van der Waals surface area (Å²) in [4.78, 5) is 36.7. The third-order valence-corrected chi connectivity index (χ3v) is 2.90. The van der Waals surface area contributed by atoms with E-state index in [-0.39, 0.29) is 19.1 Å². The van der Waals surface area contributed by atoms with Crippen molar-refractivity contribution in [2.75, 3.05) is 19.7 Å². The van der Waals surface area contributed by atoms with Crippen LogP contribution in [0.15, 0.2) is 0 Å². The summed E-state index contributed by atoms with van der Waals surface area (Å²) < 4.78 is 10.0. The van der Waals surface area contributed by atoms with E-state index in [0.717, 1.165) is 6.42 Å². The Labute approximate surface area is 124 Å². The molecular weight excluding hydrogens is 276 g/mol. The average Bonchev–Trinajstić information content (AvgIpc) is 2.83. The first-order chi connectivity index (χ1) is 9.74. The standard InChI is InChI=1S/C14H24N2O5/c1-5-20-11(17)9-15-12(18)10-7-6-8-16(10)13(19)21-14(2,3)4/h10H,5-9H2,1-4H3,(H,15,18). The number of nitrogens with zero attached hydrogens (tertiary/aromatic N) is 1. The zero-order valence-electron chi connectivity index (χ0n) is 13.1.